The van der Waals surface area contributed by atoms with E-state index in [2.05, 4.69) is 15.5 Å². The smallest absolute Gasteiger partial charge is 0.240 e. The van der Waals surface area contributed by atoms with E-state index >= 15 is 0 Å². The van der Waals surface area contributed by atoms with Gasteiger partial charge < -0.3 is 11.1 Å². The number of primary amides is 1. The number of nitrogens with zero attached hydrogens (tertiary/aromatic N) is 2. The van der Waals surface area contributed by atoms with Crippen LogP contribution < -0.4 is 11.1 Å². The molecule has 0 fully saturated rings. The lowest BCUT2D eigenvalue weighted by molar-refractivity contribution is -0.117. The van der Waals surface area contributed by atoms with Crippen LogP contribution in [-0.2, 0) is 14.6 Å². The molecule has 1 aromatic carbocycles. The molecule has 0 spiro atoms. The number of carbonyl (C=O) groups is 1. The minimum Gasteiger partial charge on any atom is -0.368 e. The summed E-state index contributed by atoms with van der Waals surface area (Å²) in [5.74, 6) is -0.943. The van der Waals surface area contributed by atoms with Gasteiger partial charge in [-0.1, -0.05) is 41.7 Å². The minimum absolute atomic E-state index is 0.230. The Kier molecular flexibility index (Phi) is 4.53. The third-order valence-electron chi connectivity index (χ3n) is 2.65. The number of nitrogens with two attached hydrogens (primary N) is 1. The summed E-state index contributed by atoms with van der Waals surface area (Å²) >= 11 is 0.876. The van der Waals surface area contributed by atoms with Crippen molar-refractivity contribution in [3.05, 3.63) is 35.9 Å². The Hall–Kier alpha value is -2.00. The fraction of sp³-hybridized carbons (Fsp3) is 0.250. The van der Waals surface area contributed by atoms with E-state index in [0.717, 1.165) is 11.3 Å². The predicted molar refractivity (Wildman–Crippen MR) is 79.6 cm³/mol. The molecule has 3 N–H and O–H groups in total. The van der Waals surface area contributed by atoms with Crippen LogP contribution in [0.25, 0.3) is 0 Å². The molecule has 2 rings (SSSR count). The third-order valence-corrected chi connectivity index (χ3v) is 5.96. The third kappa shape index (κ3) is 3.19. The number of rotatable bonds is 6. The monoisotopic (exact) mass is 326 g/mol. The van der Waals surface area contributed by atoms with Crippen LogP contribution in [-0.4, -0.2) is 31.1 Å². The lowest BCUT2D eigenvalue weighted by Gasteiger charge is -2.12. The van der Waals surface area contributed by atoms with Crippen molar-refractivity contribution < 1.29 is 13.2 Å². The Morgan fingerprint density at radius 1 is 1.33 bits per heavy atom. The first-order chi connectivity index (χ1) is 9.96. The van der Waals surface area contributed by atoms with Crippen LogP contribution in [0.4, 0.5) is 5.13 Å². The molecule has 2 aromatic rings. The topological polar surface area (TPSA) is 115 Å². The Labute approximate surface area is 126 Å². The Bertz CT molecular complexity index is 728. The second kappa shape index (κ2) is 6.19. The molecule has 0 saturated carbocycles. The van der Waals surface area contributed by atoms with Gasteiger partial charge in [-0.05, 0) is 12.5 Å². The second-order valence-corrected chi connectivity index (χ2v) is 7.33. The number of amides is 1. The quantitative estimate of drug-likeness (QED) is 0.817. The maximum Gasteiger partial charge on any atom is 0.240 e. The zero-order chi connectivity index (χ0) is 15.5. The van der Waals surface area contributed by atoms with E-state index in [-0.39, 0.29) is 4.34 Å². The van der Waals surface area contributed by atoms with E-state index in [4.69, 9.17) is 5.73 Å². The molecule has 1 amide bonds. The Morgan fingerprint density at radius 3 is 2.57 bits per heavy atom. The highest BCUT2D eigenvalue weighted by Gasteiger charge is 2.36. The average molecular weight is 326 g/mol. The normalized spacial score (nSPS) is 12.8. The zero-order valence-corrected chi connectivity index (χ0v) is 12.8. The molecular formula is C12H14N4O3S2. The van der Waals surface area contributed by atoms with Gasteiger partial charge in [0.25, 0.3) is 0 Å². The fourth-order valence-electron chi connectivity index (χ4n) is 1.77. The van der Waals surface area contributed by atoms with Crippen LogP contribution in [0.1, 0.15) is 17.7 Å². The number of hydrogen-bond donors (Lipinski definition) is 2. The summed E-state index contributed by atoms with van der Waals surface area (Å²) in [5.41, 5.74) is 5.59. The van der Waals surface area contributed by atoms with Gasteiger partial charge in [0.2, 0.25) is 25.2 Å². The van der Waals surface area contributed by atoms with E-state index < -0.39 is 21.0 Å². The first-order valence-electron chi connectivity index (χ1n) is 6.12. The summed E-state index contributed by atoms with van der Waals surface area (Å²) in [6.45, 7) is 2.44. The number of aromatic nitrogens is 2. The lowest BCUT2D eigenvalue weighted by atomic mass is 10.1. The van der Waals surface area contributed by atoms with Gasteiger partial charge >= 0.3 is 0 Å². The molecule has 1 heterocycles. The molecule has 0 aliphatic rings. The maximum atomic E-state index is 12.6. The number of anilines is 1. The Balaban J connectivity index is 2.45. The second-order valence-electron chi connectivity index (χ2n) is 4.14. The summed E-state index contributed by atoms with van der Waals surface area (Å²) in [5, 5.41) is 9.16. The molecule has 1 aromatic heterocycles. The molecule has 0 saturated heterocycles. The van der Waals surface area contributed by atoms with Crippen molar-refractivity contribution in [1.29, 1.82) is 0 Å². The van der Waals surface area contributed by atoms with Gasteiger partial charge in [-0.25, -0.2) is 8.42 Å². The average Bonchev–Trinajstić information content (AvgIpc) is 2.89. The summed E-state index contributed by atoms with van der Waals surface area (Å²) in [7, 11) is -4.02. The van der Waals surface area contributed by atoms with Crippen LogP contribution in [0, 0.1) is 0 Å². The predicted octanol–water partition coefficient (Wildman–Crippen LogP) is 0.970. The molecule has 9 heteroatoms. The largest absolute Gasteiger partial charge is 0.368 e. The van der Waals surface area contributed by atoms with Crippen molar-refractivity contribution in [1.82, 2.24) is 10.2 Å². The summed E-state index contributed by atoms with van der Waals surface area (Å²) in [6, 6.07) is 8.09. The van der Waals surface area contributed by atoms with Crippen LogP contribution in [0.15, 0.2) is 34.7 Å². The standard InChI is InChI=1S/C12H14N4O3S2/c1-2-14-11-15-16-12(20-11)21(18,19)9(10(13)17)8-6-4-3-5-7-8/h3-7,9H,2H2,1H3,(H2,13,17)(H,14,15). The van der Waals surface area contributed by atoms with Crippen LogP contribution in [0.2, 0.25) is 0 Å². The van der Waals surface area contributed by atoms with Crippen molar-refractivity contribution >= 4 is 32.2 Å². The van der Waals surface area contributed by atoms with E-state index in [9.17, 15) is 13.2 Å². The van der Waals surface area contributed by atoms with E-state index in [1.807, 2.05) is 6.92 Å². The lowest BCUT2D eigenvalue weighted by Crippen LogP contribution is -2.28. The van der Waals surface area contributed by atoms with Gasteiger partial charge in [0, 0.05) is 6.54 Å². The van der Waals surface area contributed by atoms with Crippen LogP contribution in [0.5, 0.6) is 0 Å². The number of sulfone groups is 1. The van der Waals surface area contributed by atoms with Gasteiger partial charge in [-0.15, -0.1) is 10.2 Å². The molecule has 21 heavy (non-hydrogen) atoms. The van der Waals surface area contributed by atoms with Crippen molar-refractivity contribution in [2.75, 3.05) is 11.9 Å². The number of carbonyl (C=O) groups excluding carboxylic acids is 1. The minimum atomic E-state index is -4.02. The molecule has 0 bridgehead atoms. The van der Waals surface area contributed by atoms with Crippen LogP contribution in [0.3, 0.4) is 0 Å². The zero-order valence-electron chi connectivity index (χ0n) is 11.2. The van der Waals surface area contributed by atoms with Crippen LogP contribution >= 0.6 is 11.3 Å². The van der Waals surface area contributed by atoms with Gasteiger partial charge in [0.15, 0.2) is 5.25 Å². The fourth-order valence-corrected chi connectivity index (χ4v) is 4.49. The number of hydrogen-bond acceptors (Lipinski definition) is 7. The van der Waals surface area contributed by atoms with E-state index in [0.29, 0.717) is 17.2 Å². The van der Waals surface area contributed by atoms with Crippen molar-refractivity contribution in [2.45, 2.75) is 16.5 Å². The molecule has 0 aliphatic heterocycles. The van der Waals surface area contributed by atoms with Crippen molar-refractivity contribution in [2.24, 2.45) is 5.73 Å². The highest BCUT2D eigenvalue weighted by Crippen LogP contribution is 2.31. The molecule has 1 unspecified atom stereocenters. The summed E-state index contributed by atoms with van der Waals surface area (Å²) < 4.78 is 24.9. The first-order valence-corrected chi connectivity index (χ1v) is 8.48. The van der Waals surface area contributed by atoms with E-state index in [1.165, 1.54) is 0 Å². The van der Waals surface area contributed by atoms with Gasteiger partial charge in [-0.3, -0.25) is 4.79 Å². The molecular weight excluding hydrogens is 312 g/mol. The first kappa shape index (κ1) is 15.4. The molecule has 7 nitrogen and oxygen atoms in total. The number of nitrogens with one attached hydrogen (secondary N) is 1. The molecule has 1 atom stereocenters. The highest BCUT2D eigenvalue weighted by atomic mass is 32.2. The maximum absolute atomic E-state index is 12.6. The summed E-state index contributed by atoms with van der Waals surface area (Å²) in [6.07, 6.45) is 0. The Morgan fingerprint density at radius 2 is 2.00 bits per heavy atom. The molecule has 0 aliphatic carbocycles. The number of benzene rings is 1. The molecule has 112 valence electrons. The van der Waals surface area contributed by atoms with Gasteiger partial charge in [0.05, 0.1) is 0 Å². The summed E-state index contributed by atoms with van der Waals surface area (Å²) in [4.78, 5) is 11.6. The van der Waals surface area contributed by atoms with Gasteiger partial charge in [0.1, 0.15) is 0 Å². The highest BCUT2D eigenvalue weighted by molar-refractivity contribution is 7.94. The van der Waals surface area contributed by atoms with Crippen molar-refractivity contribution in [3.8, 4) is 0 Å². The van der Waals surface area contributed by atoms with E-state index in [1.54, 1.807) is 30.3 Å². The van der Waals surface area contributed by atoms with Gasteiger partial charge in [-0.2, -0.15) is 0 Å². The van der Waals surface area contributed by atoms with Crippen molar-refractivity contribution in [3.63, 3.8) is 0 Å². The molecule has 0 radical (unpaired) electrons. The SMILES string of the molecule is CCNc1nnc(S(=O)(=O)C(C(N)=O)c2ccccc2)s1.